The number of hydrogen-bond acceptors (Lipinski definition) is 4. The maximum atomic E-state index is 10.7. The fourth-order valence-corrected chi connectivity index (χ4v) is 1.76. The van der Waals surface area contributed by atoms with Gasteiger partial charge in [0.25, 0.3) is 0 Å². The smallest absolute Gasteiger partial charge is 0.304 e. The molecule has 1 aromatic heterocycles. The molecule has 1 N–H and O–H groups in total. The minimum Gasteiger partial charge on any atom is -0.481 e. The maximum Gasteiger partial charge on any atom is 0.304 e. The number of rotatable bonds is 7. The number of aromatic nitrogens is 1. The Hall–Kier alpha value is -1.93. The summed E-state index contributed by atoms with van der Waals surface area (Å²) in [7, 11) is 0. The quantitative estimate of drug-likeness (QED) is 0.792. The van der Waals surface area contributed by atoms with Crippen molar-refractivity contribution in [3.05, 3.63) is 30.1 Å². The Morgan fingerprint density at radius 2 is 2.44 bits per heavy atom. The van der Waals surface area contributed by atoms with Gasteiger partial charge in [0.1, 0.15) is 0 Å². The van der Waals surface area contributed by atoms with Crippen molar-refractivity contribution < 1.29 is 9.90 Å². The summed E-state index contributed by atoms with van der Waals surface area (Å²) >= 11 is 0. The minimum absolute atomic E-state index is 0.0751. The maximum absolute atomic E-state index is 10.7. The summed E-state index contributed by atoms with van der Waals surface area (Å²) < 4.78 is 0. The molecule has 0 radical (unpaired) electrons. The molecule has 5 heteroatoms. The Morgan fingerprint density at radius 3 is 3.00 bits per heavy atom. The van der Waals surface area contributed by atoms with Gasteiger partial charge in [0.15, 0.2) is 0 Å². The van der Waals surface area contributed by atoms with Crippen molar-refractivity contribution in [2.24, 2.45) is 0 Å². The lowest BCUT2D eigenvalue weighted by molar-refractivity contribution is -0.138. The average molecular weight is 247 g/mol. The third-order valence-corrected chi connectivity index (χ3v) is 2.71. The van der Waals surface area contributed by atoms with Crippen molar-refractivity contribution >= 4 is 5.97 Å². The van der Waals surface area contributed by atoms with Gasteiger partial charge in [0.05, 0.1) is 12.5 Å². The van der Waals surface area contributed by atoms with Crippen LogP contribution >= 0.6 is 0 Å². The molecule has 1 rings (SSSR count). The summed E-state index contributed by atoms with van der Waals surface area (Å²) in [5.41, 5.74) is 1.02. The van der Waals surface area contributed by atoms with E-state index in [4.69, 9.17) is 10.4 Å². The predicted molar refractivity (Wildman–Crippen MR) is 66.6 cm³/mol. The summed E-state index contributed by atoms with van der Waals surface area (Å²) in [5.74, 6) is -0.823. The highest BCUT2D eigenvalue weighted by molar-refractivity contribution is 5.67. The Kier molecular flexibility index (Phi) is 5.81. The Balaban J connectivity index is 2.66. The molecule has 0 amide bonds. The zero-order chi connectivity index (χ0) is 13.4. The van der Waals surface area contributed by atoms with Crippen molar-refractivity contribution in [1.29, 1.82) is 5.26 Å². The molecule has 0 spiro atoms. The van der Waals surface area contributed by atoms with Crippen LogP contribution < -0.4 is 0 Å². The van der Waals surface area contributed by atoms with Gasteiger partial charge < -0.3 is 5.11 Å². The van der Waals surface area contributed by atoms with Crippen LogP contribution in [0.4, 0.5) is 0 Å². The summed E-state index contributed by atoms with van der Waals surface area (Å²) in [4.78, 5) is 16.8. The van der Waals surface area contributed by atoms with Gasteiger partial charge in [-0.2, -0.15) is 5.26 Å². The Bertz CT molecular complexity index is 414. The Morgan fingerprint density at radius 1 is 1.67 bits per heavy atom. The van der Waals surface area contributed by atoms with Gasteiger partial charge in [-0.3, -0.25) is 14.7 Å². The molecule has 0 fully saturated rings. The number of pyridine rings is 1. The number of nitrogens with zero attached hydrogens (tertiary/aromatic N) is 3. The van der Waals surface area contributed by atoms with Gasteiger partial charge in [0.2, 0.25) is 0 Å². The van der Waals surface area contributed by atoms with E-state index in [0.717, 1.165) is 5.56 Å². The van der Waals surface area contributed by atoms with Crippen LogP contribution in [0.25, 0.3) is 0 Å². The first kappa shape index (κ1) is 14.1. The topological polar surface area (TPSA) is 77.2 Å². The first-order valence-corrected chi connectivity index (χ1v) is 5.85. The van der Waals surface area contributed by atoms with E-state index in [-0.39, 0.29) is 12.5 Å². The predicted octanol–water partition coefficient (Wildman–Crippen LogP) is 1.66. The van der Waals surface area contributed by atoms with E-state index in [2.05, 4.69) is 11.1 Å². The van der Waals surface area contributed by atoms with Crippen LogP contribution in [-0.4, -0.2) is 33.5 Å². The van der Waals surface area contributed by atoms with E-state index in [9.17, 15) is 4.79 Å². The first-order chi connectivity index (χ1) is 8.63. The number of carboxylic acids is 1. The number of carbonyl (C=O) groups is 1. The fourth-order valence-electron chi connectivity index (χ4n) is 1.76. The highest BCUT2D eigenvalue weighted by atomic mass is 16.4. The molecule has 1 atom stereocenters. The summed E-state index contributed by atoms with van der Waals surface area (Å²) in [5, 5.41) is 17.5. The van der Waals surface area contributed by atoms with E-state index in [0.29, 0.717) is 19.5 Å². The molecule has 0 bridgehead atoms. The average Bonchev–Trinajstić information content (AvgIpc) is 2.34. The van der Waals surface area contributed by atoms with Crippen molar-refractivity contribution in [1.82, 2.24) is 9.88 Å². The lowest BCUT2D eigenvalue weighted by Crippen LogP contribution is -2.35. The number of aliphatic carboxylic acids is 1. The number of nitriles is 1. The number of hydrogen-bond donors (Lipinski definition) is 1. The molecule has 0 aliphatic carbocycles. The van der Waals surface area contributed by atoms with E-state index >= 15 is 0 Å². The molecule has 0 aliphatic rings. The molecular weight excluding hydrogens is 230 g/mol. The summed E-state index contributed by atoms with van der Waals surface area (Å²) in [6.07, 6.45) is 3.92. The van der Waals surface area contributed by atoms with Crippen LogP contribution in [0.2, 0.25) is 0 Å². The van der Waals surface area contributed by atoms with Gasteiger partial charge in [0, 0.05) is 37.9 Å². The normalized spacial score (nSPS) is 12.1. The molecule has 0 saturated heterocycles. The van der Waals surface area contributed by atoms with E-state index < -0.39 is 5.97 Å². The van der Waals surface area contributed by atoms with Gasteiger partial charge in [-0.05, 0) is 18.6 Å². The van der Waals surface area contributed by atoms with E-state index in [1.54, 1.807) is 12.4 Å². The standard InChI is InChI=1S/C13H17N3O2/c1-11(8-13(17)18)16(7-3-5-14)10-12-4-2-6-15-9-12/h2,4,6,9,11H,3,7-8,10H2,1H3,(H,17,18). The van der Waals surface area contributed by atoms with E-state index in [1.165, 1.54) is 0 Å². The Labute approximate surface area is 107 Å². The molecule has 18 heavy (non-hydrogen) atoms. The SMILES string of the molecule is CC(CC(=O)O)N(CCC#N)Cc1cccnc1. The molecule has 1 heterocycles. The van der Waals surface area contributed by atoms with Crippen LogP contribution in [0.3, 0.4) is 0 Å². The van der Waals surface area contributed by atoms with Crippen LogP contribution in [0.5, 0.6) is 0 Å². The van der Waals surface area contributed by atoms with Gasteiger partial charge in [-0.15, -0.1) is 0 Å². The van der Waals surface area contributed by atoms with Crippen LogP contribution in [0.1, 0.15) is 25.3 Å². The zero-order valence-electron chi connectivity index (χ0n) is 10.4. The molecule has 1 aromatic rings. The molecule has 96 valence electrons. The molecular formula is C13H17N3O2. The molecule has 0 saturated carbocycles. The third-order valence-electron chi connectivity index (χ3n) is 2.71. The van der Waals surface area contributed by atoms with Gasteiger partial charge in [-0.25, -0.2) is 0 Å². The second kappa shape index (κ2) is 7.41. The zero-order valence-corrected chi connectivity index (χ0v) is 10.4. The van der Waals surface area contributed by atoms with Crippen LogP contribution in [0.15, 0.2) is 24.5 Å². The first-order valence-electron chi connectivity index (χ1n) is 5.85. The molecule has 0 aromatic carbocycles. The number of carboxylic acid groups (broad SMARTS) is 1. The lowest BCUT2D eigenvalue weighted by atomic mass is 10.1. The molecule has 5 nitrogen and oxygen atoms in total. The van der Waals surface area contributed by atoms with Crippen molar-refractivity contribution in [2.75, 3.05) is 6.54 Å². The van der Waals surface area contributed by atoms with Crippen LogP contribution in [-0.2, 0) is 11.3 Å². The van der Waals surface area contributed by atoms with Gasteiger partial charge in [-0.1, -0.05) is 6.07 Å². The second-order valence-corrected chi connectivity index (χ2v) is 4.19. The molecule has 1 unspecified atom stereocenters. The summed E-state index contributed by atoms with van der Waals surface area (Å²) in [6.45, 7) is 3.05. The fraction of sp³-hybridized carbons (Fsp3) is 0.462. The second-order valence-electron chi connectivity index (χ2n) is 4.19. The summed E-state index contributed by atoms with van der Waals surface area (Å²) in [6, 6.07) is 5.78. The minimum atomic E-state index is -0.823. The van der Waals surface area contributed by atoms with Crippen molar-refractivity contribution in [3.63, 3.8) is 0 Å². The van der Waals surface area contributed by atoms with Crippen molar-refractivity contribution in [2.45, 2.75) is 32.4 Å². The van der Waals surface area contributed by atoms with E-state index in [1.807, 2.05) is 24.0 Å². The van der Waals surface area contributed by atoms with Gasteiger partial charge >= 0.3 is 5.97 Å². The van der Waals surface area contributed by atoms with Crippen LogP contribution in [0, 0.1) is 11.3 Å². The third kappa shape index (κ3) is 4.93. The molecule has 0 aliphatic heterocycles. The largest absolute Gasteiger partial charge is 0.481 e. The highest BCUT2D eigenvalue weighted by Crippen LogP contribution is 2.10. The highest BCUT2D eigenvalue weighted by Gasteiger charge is 2.16. The lowest BCUT2D eigenvalue weighted by Gasteiger charge is -2.27. The monoisotopic (exact) mass is 247 g/mol. The van der Waals surface area contributed by atoms with Crippen molar-refractivity contribution in [3.8, 4) is 6.07 Å².